The highest BCUT2D eigenvalue weighted by molar-refractivity contribution is 5.98. The van der Waals surface area contributed by atoms with E-state index in [-0.39, 0.29) is 36.3 Å². The van der Waals surface area contributed by atoms with Crippen LogP contribution in [-0.4, -0.2) is 93.1 Å². The van der Waals surface area contributed by atoms with Crippen molar-refractivity contribution in [2.45, 2.75) is 55.3 Å². The summed E-state index contributed by atoms with van der Waals surface area (Å²) in [4.78, 5) is 39.2. The molecule has 0 saturated carbocycles. The van der Waals surface area contributed by atoms with Crippen LogP contribution >= 0.6 is 0 Å². The number of fused-ring (bicyclic) bond motifs is 1. The molecule has 0 radical (unpaired) electrons. The van der Waals surface area contributed by atoms with Crippen LogP contribution in [0.25, 0.3) is 0 Å². The first kappa shape index (κ1) is 26.8. The predicted octanol–water partition coefficient (Wildman–Crippen LogP) is -3.57. The summed E-state index contributed by atoms with van der Waals surface area (Å²) in [6, 6.07) is 5.85. The predicted molar refractivity (Wildman–Crippen MR) is 147 cm³/mol. The van der Waals surface area contributed by atoms with Crippen molar-refractivity contribution in [2.24, 2.45) is 16.5 Å². The number of amides is 2. The summed E-state index contributed by atoms with van der Waals surface area (Å²) in [5.41, 5.74) is 12.2. The van der Waals surface area contributed by atoms with E-state index in [1.165, 1.54) is 11.1 Å². The largest absolute Gasteiger partial charge is 0.492 e. The monoisotopic (exact) mass is 564 g/mol. The van der Waals surface area contributed by atoms with Gasteiger partial charge in [0.25, 0.3) is 17.5 Å². The van der Waals surface area contributed by atoms with E-state index >= 15 is 0 Å². The number of aliphatic imine (C=N–C) groups is 1. The standard InChI is InChI=1S/C27H33N9O5/c1-25(2)8-10-41-19-15(6-3-7-16(19)25)22(38)33-18-13-36-24(29)32-17(12-31-21(37)14-5-4-9-30-11-14)20-26(36,27(18,39)40)35-23(28)34-20/h3-7,9,11,17-18,20,39-40H,8,10,12-13H2,1-2H3,(H2,29,32)(H,31,37)(H,33,38)(H3,28,34,35)/p+1/t17-,18?,20-,26-/m0/s1. The minimum atomic E-state index is -2.58. The Bertz CT molecular complexity index is 1460. The molecule has 14 heteroatoms. The number of rotatable bonds is 5. The summed E-state index contributed by atoms with van der Waals surface area (Å²) >= 11 is 0. The Labute approximate surface area is 235 Å². The first-order chi connectivity index (χ1) is 19.5. The molecule has 4 atom stereocenters. The molecule has 1 aromatic heterocycles. The van der Waals surface area contributed by atoms with Crippen LogP contribution in [-0.2, 0) is 5.41 Å². The van der Waals surface area contributed by atoms with Crippen LogP contribution < -0.4 is 37.1 Å². The SMILES string of the molecule is CC1(C)CCOc2c(C(=O)NC3CN4C(N)=N[C@@H](CNC(=O)c5cccnc5)[C@@H]5[NH+]=C(N)N[C@@]54C3(O)O)cccc21. The van der Waals surface area contributed by atoms with E-state index in [1.807, 2.05) is 6.07 Å². The van der Waals surface area contributed by atoms with Crippen LogP contribution in [0.15, 0.2) is 47.7 Å². The van der Waals surface area contributed by atoms with E-state index in [0.29, 0.717) is 23.5 Å². The van der Waals surface area contributed by atoms with Crippen molar-refractivity contribution in [3.8, 4) is 5.75 Å². The number of para-hydroxylation sites is 1. The Morgan fingerprint density at radius 2 is 2.02 bits per heavy atom. The molecule has 4 aliphatic heterocycles. The number of pyridine rings is 1. The molecule has 14 nitrogen and oxygen atoms in total. The Morgan fingerprint density at radius 1 is 1.22 bits per heavy atom. The lowest BCUT2D eigenvalue weighted by atomic mass is 9.79. The number of nitrogens with zero attached hydrogens (tertiary/aromatic N) is 3. The lowest BCUT2D eigenvalue weighted by Gasteiger charge is -2.46. The summed E-state index contributed by atoms with van der Waals surface area (Å²) < 4.78 is 5.90. The number of hydrogen-bond donors (Lipinski definition) is 8. The number of nitrogens with two attached hydrogens (primary N) is 2. The summed E-state index contributed by atoms with van der Waals surface area (Å²) in [5.74, 6) is -2.93. The molecule has 0 aliphatic carbocycles. The smallest absolute Gasteiger partial charge is 0.343 e. The molecule has 10 N–H and O–H groups in total. The van der Waals surface area contributed by atoms with E-state index in [2.05, 4.69) is 44.8 Å². The van der Waals surface area contributed by atoms with E-state index < -0.39 is 35.5 Å². The molecule has 1 aromatic carbocycles. The van der Waals surface area contributed by atoms with Crippen LogP contribution in [0.3, 0.4) is 0 Å². The summed E-state index contributed by atoms with van der Waals surface area (Å²) in [6.45, 7) is 4.57. The van der Waals surface area contributed by atoms with Gasteiger partial charge in [0.1, 0.15) is 17.8 Å². The zero-order chi connectivity index (χ0) is 29.2. The van der Waals surface area contributed by atoms with Crippen LogP contribution in [0.2, 0.25) is 0 Å². The minimum absolute atomic E-state index is 0.00252. The topological polar surface area (TPSA) is 214 Å². The van der Waals surface area contributed by atoms with E-state index in [9.17, 15) is 19.8 Å². The van der Waals surface area contributed by atoms with Gasteiger partial charge in [-0.3, -0.25) is 30.2 Å². The number of ether oxygens (including phenoxy) is 1. The average Bonchev–Trinajstić information content (AvgIpc) is 3.41. The number of guanidine groups is 2. The van der Waals surface area contributed by atoms with E-state index in [1.54, 1.807) is 30.5 Å². The zero-order valence-electron chi connectivity index (χ0n) is 22.7. The molecule has 5 heterocycles. The first-order valence-electron chi connectivity index (χ1n) is 13.4. The maximum atomic E-state index is 13.6. The normalized spacial score (nSPS) is 28.6. The molecule has 1 fully saturated rings. The summed E-state index contributed by atoms with van der Waals surface area (Å²) in [5, 5.41) is 32.0. The molecular formula is C27H34N9O5+. The fourth-order valence-electron chi connectivity index (χ4n) is 6.32. The molecule has 6 rings (SSSR count). The van der Waals surface area contributed by atoms with E-state index in [4.69, 9.17) is 16.2 Å². The second-order valence-electron chi connectivity index (χ2n) is 11.5. The van der Waals surface area contributed by atoms with Gasteiger partial charge >= 0.3 is 5.96 Å². The summed E-state index contributed by atoms with van der Waals surface area (Å²) in [6.07, 6.45) is 3.80. The lowest BCUT2D eigenvalue weighted by Crippen LogP contribution is -2.90. The maximum Gasteiger partial charge on any atom is 0.343 e. The van der Waals surface area contributed by atoms with Gasteiger partial charge in [-0.15, -0.1) is 0 Å². The number of carbonyl (C=O) groups is 2. The van der Waals surface area contributed by atoms with Gasteiger partial charge in [-0.1, -0.05) is 26.0 Å². The van der Waals surface area contributed by atoms with Crippen molar-refractivity contribution in [3.63, 3.8) is 0 Å². The first-order valence-corrected chi connectivity index (χ1v) is 13.4. The number of aromatic nitrogens is 1. The molecule has 0 bridgehead atoms. The summed E-state index contributed by atoms with van der Waals surface area (Å²) in [7, 11) is 0. The highest BCUT2D eigenvalue weighted by Crippen LogP contribution is 2.43. The quantitative estimate of drug-likeness (QED) is 0.167. The molecule has 1 spiro atoms. The highest BCUT2D eigenvalue weighted by atomic mass is 16.5. The second-order valence-corrected chi connectivity index (χ2v) is 11.5. The molecule has 4 aliphatic rings. The third kappa shape index (κ3) is 4.04. The zero-order valence-corrected chi connectivity index (χ0v) is 22.7. The van der Waals surface area contributed by atoms with Crippen LogP contribution in [0, 0.1) is 0 Å². The Morgan fingerprint density at radius 3 is 2.78 bits per heavy atom. The second kappa shape index (κ2) is 9.31. The van der Waals surface area contributed by atoms with E-state index in [0.717, 1.165) is 12.0 Å². The molecular weight excluding hydrogens is 530 g/mol. The molecule has 41 heavy (non-hydrogen) atoms. The van der Waals surface area contributed by atoms with Gasteiger partial charge < -0.3 is 31.3 Å². The number of hydrogen-bond acceptors (Lipinski definition) is 11. The van der Waals surface area contributed by atoms with Crippen molar-refractivity contribution in [1.82, 2.24) is 25.8 Å². The van der Waals surface area contributed by atoms with Gasteiger partial charge in [0, 0.05) is 24.5 Å². The number of carbonyl (C=O) groups excluding carboxylic acids is 2. The van der Waals surface area contributed by atoms with Crippen LogP contribution in [0.1, 0.15) is 46.5 Å². The molecule has 2 amide bonds. The Balaban J connectivity index is 1.27. The van der Waals surface area contributed by atoms with Crippen molar-refractivity contribution in [2.75, 3.05) is 19.7 Å². The molecule has 1 unspecified atom stereocenters. The van der Waals surface area contributed by atoms with Gasteiger partial charge in [0.15, 0.2) is 12.0 Å². The highest BCUT2D eigenvalue weighted by Gasteiger charge is 2.76. The number of aliphatic hydroxyl groups is 2. The van der Waals surface area contributed by atoms with Crippen molar-refractivity contribution in [3.05, 3.63) is 59.4 Å². The lowest BCUT2D eigenvalue weighted by molar-refractivity contribution is -0.521. The molecule has 1 saturated heterocycles. The molecule has 216 valence electrons. The number of benzene rings is 1. The Hall–Kier alpha value is -4.43. The Kier molecular flexibility index (Phi) is 6.08. The minimum Gasteiger partial charge on any atom is -0.492 e. The van der Waals surface area contributed by atoms with Gasteiger partial charge in [-0.05, 0) is 30.0 Å². The van der Waals surface area contributed by atoms with Gasteiger partial charge in [-0.25, -0.2) is 10.3 Å². The van der Waals surface area contributed by atoms with Crippen LogP contribution in [0.5, 0.6) is 5.75 Å². The van der Waals surface area contributed by atoms with Crippen molar-refractivity contribution < 1.29 is 29.5 Å². The fourth-order valence-corrected chi connectivity index (χ4v) is 6.32. The van der Waals surface area contributed by atoms with Gasteiger partial charge in [-0.2, -0.15) is 0 Å². The average molecular weight is 565 g/mol. The fraction of sp³-hybridized carbons (Fsp3) is 0.444. The maximum absolute atomic E-state index is 13.6. The van der Waals surface area contributed by atoms with Gasteiger partial charge in [0.2, 0.25) is 5.79 Å². The van der Waals surface area contributed by atoms with Crippen molar-refractivity contribution >= 4 is 23.7 Å². The van der Waals surface area contributed by atoms with Crippen LogP contribution in [0.4, 0.5) is 0 Å². The van der Waals surface area contributed by atoms with Crippen molar-refractivity contribution in [1.29, 1.82) is 0 Å². The number of nitrogens with one attached hydrogen (secondary N) is 4. The molecule has 2 aromatic rings. The third-order valence-corrected chi connectivity index (χ3v) is 8.55. The third-order valence-electron chi connectivity index (χ3n) is 8.55. The van der Waals surface area contributed by atoms with Gasteiger partial charge in [0.05, 0.1) is 24.3 Å².